The topological polar surface area (TPSA) is 76.2 Å². The maximum atomic E-state index is 14.4. The number of sulfonamides is 1. The Morgan fingerprint density at radius 2 is 1.71 bits per heavy atom. The van der Waals surface area contributed by atoms with Crippen molar-refractivity contribution in [2.24, 2.45) is 5.41 Å². The highest BCUT2D eigenvalue weighted by molar-refractivity contribution is 7.89. The van der Waals surface area contributed by atoms with Gasteiger partial charge in [-0.25, -0.2) is 17.2 Å². The van der Waals surface area contributed by atoms with E-state index in [4.69, 9.17) is 21.1 Å². The van der Waals surface area contributed by atoms with Crippen molar-refractivity contribution in [3.63, 3.8) is 0 Å². The summed E-state index contributed by atoms with van der Waals surface area (Å²) in [5.74, 6) is -1.91. The number of rotatable bonds is 7. The van der Waals surface area contributed by atoms with Crippen LogP contribution in [-0.2, 0) is 19.6 Å². The van der Waals surface area contributed by atoms with Crippen LogP contribution in [0, 0.1) is 17.0 Å². The Morgan fingerprint density at radius 1 is 1.06 bits per heavy atom. The Morgan fingerprint density at radius 3 is 2.37 bits per heavy atom. The zero-order valence-electron chi connectivity index (χ0n) is 19.1. The highest BCUT2D eigenvalue weighted by Gasteiger charge is 2.44. The number of nitrogens with zero attached hydrogens (tertiary/aromatic N) is 2. The van der Waals surface area contributed by atoms with Gasteiger partial charge in [0.05, 0.1) is 19.8 Å². The third-order valence-electron chi connectivity index (χ3n) is 6.39. The summed E-state index contributed by atoms with van der Waals surface area (Å²) >= 11 is 5.95. The molecule has 4 rings (SSSR count). The molecule has 1 atom stereocenters. The van der Waals surface area contributed by atoms with E-state index in [2.05, 4.69) is 0 Å². The lowest BCUT2D eigenvalue weighted by Gasteiger charge is -2.42. The minimum Gasteiger partial charge on any atom is -0.493 e. The molecule has 0 spiro atoms. The lowest BCUT2D eigenvalue weighted by molar-refractivity contribution is -0.139. The van der Waals surface area contributed by atoms with Crippen LogP contribution in [0.3, 0.4) is 0 Å². The Balaban J connectivity index is 1.61. The first-order valence-electron chi connectivity index (χ1n) is 11.4. The first kappa shape index (κ1) is 25.8. The van der Waals surface area contributed by atoms with Crippen molar-refractivity contribution in [2.45, 2.75) is 24.2 Å². The van der Waals surface area contributed by atoms with Crippen molar-refractivity contribution in [2.75, 3.05) is 46.0 Å². The molecule has 0 bridgehead atoms. The predicted molar refractivity (Wildman–Crippen MR) is 126 cm³/mol. The van der Waals surface area contributed by atoms with E-state index in [9.17, 15) is 22.0 Å². The zero-order valence-corrected chi connectivity index (χ0v) is 20.7. The fourth-order valence-corrected chi connectivity index (χ4v) is 6.38. The van der Waals surface area contributed by atoms with Gasteiger partial charge in [0.25, 0.3) is 0 Å². The van der Waals surface area contributed by atoms with Crippen molar-refractivity contribution in [3.05, 3.63) is 59.1 Å². The maximum Gasteiger partial charge on any atom is 0.248 e. The Labute approximate surface area is 208 Å². The van der Waals surface area contributed by atoms with E-state index in [1.165, 1.54) is 0 Å². The molecule has 0 N–H and O–H groups in total. The van der Waals surface area contributed by atoms with Gasteiger partial charge in [-0.15, -0.1) is 0 Å². The molecule has 0 aliphatic carbocycles. The zero-order chi connectivity index (χ0) is 25.1. The molecule has 0 radical (unpaired) electrons. The standard InChI is InChI=1S/C24H27ClF2N2O5S/c25-18-5-7-19(8-6-18)34-17-24(15-22(30)28-11-13-33-14-12-28)9-2-10-29(16-24)35(31,32)23-20(26)3-1-4-21(23)27/h1,3-8H,2,9-17H2/t24-/m1/s1. The molecule has 2 aromatic rings. The van der Waals surface area contributed by atoms with Gasteiger partial charge in [-0.3, -0.25) is 4.79 Å². The number of morpholine rings is 1. The third kappa shape index (κ3) is 5.94. The smallest absolute Gasteiger partial charge is 0.248 e. The molecule has 2 saturated heterocycles. The summed E-state index contributed by atoms with van der Waals surface area (Å²) < 4.78 is 67.8. The fraction of sp³-hybridized carbons (Fsp3) is 0.458. The first-order valence-corrected chi connectivity index (χ1v) is 13.2. The number of benzene rings is 2. The monoisotopic (exact) mass is 528 g/mol. The molecule has 0 aromatic heterocycles. The second-order valence-corrected chi connectivity index (χ2v) is 11.2. The van der Waals surface area contributed by atoms with Crippen molar-refractivity contribution < 1.29 is 31.5 Å². The molecule has 11 heteroatoms. The van der Waals surface area contributed by atoms with Gasteiger partial charge in [0.2, 0.25) is 15.9 Å². The summed E-state index contributed by atoms with van der Waals surface area (Å²) in [7, 11) is -4.48. The summed E-state index contributed by atoms with van der Waals surface area (Å²) in [6.45, 7) is 1.82. The quantitative estimate of drug-likeness (QED) is 0.547. The first-order chi connectivity index (χ1) is 16.7. The number of hydrogen-bond donors (Lipinski definition) is 0. The van der Waals surface area contributed by atoms with Crippen LogP contribution < -0.4 is 4.74 Å². The van der Waals surface area contributed by atoms with Gasteiger partial charge >= 0.3 is 0 Å². The average Bonchev–Trinajstić information content (AvgIpc) is 2.84. The second-order valence-electron chi connectivity index (χ2n) is 8.91. The number of hydrogen-bond acceptors (Lipinski definition) is 5. The largest absolute Gasteiger partial charge is 0.493 e. The second kappa shape index (κ2) is 10.8. The summed E-state index contributed by atoms with van der Waals surface area (Å²) in [6.07, 6.45) is 0.963. The maximum absolute atomic E-state index is 14.4. The lowest BCUT2D eigenvalue weighted by atomic mass is 9.78. The normalized spacial score (nSPS) is 21.6. The molecule has 7 nitrogen and oxygen atoms in total. The molecule has 2 heterocycles. The van der Waals surface area contributed by atoms with Crippen LogP contribution in [0.15, 0.2) is 47.4 Å². The van der Waals surface area contributed by atoms with Gasteiger partial charge in [-0.1, -0.05) is 17.7 Å². The molecule has 1 amide bonds. The van der Waals surface area contributed by atoms with Gasteiger partial charge in [-0.2, -0.15) is 4.31 Å². The third-order valence-corrected chi connectivity index (χ3v) is 8.54. The number of amides is 1. The lowest BCUT2D eigenvalue weighted by Crippen LogP contribution is -2.52. The van der Waals surface area contributed by atoms with Crippen LogP contribution >= 0.6 is 11.6 Å². The molecule has 2 aromatic carbocycles. The van der Waals surface area contributed by atoms with Crippen molar-refractivity contribution in [1.82, 2.24) is 9.21 Å². The Hall–Kier alpha value is -2.27. The number of halogens is 3. The highest BCUT2D eigenvalue weighted by atomic mass is 35.5. The summed E-state index contributed by atoms with van der Waals surface area (Å²) in [5.41, 5.74) is -0.887. The number of piperidine rings is 1. The minimum atomic E-state index is -4.48. The molecule has 2 aliphatic rings. The number of carbonyl (C=O) groups excluding carboxylic acids is 1. The van der Waals surface area contributed by atoms with Gasteiger partial charge in [-0.05, 0) is 49.2 Å². The number of ether oxygens (including phenoxy) is 2. The molecule has 2 fully saturated rings. The van der Waals surface area contributed by atoms with Gasteiger partial charge in [0.1, 0.15) is 17.4 Å². The summed E-state index contributed by atoms with van der Waals surface area (Å²) in [5, 5.41) is 0.538. The van der Waals surface area contributed by atoms with Gasteiger partial charge in [0.15, 0.2) is 4.90 Å². The van der Waals surface area contributed by atoms with Crippen LogP contribution in [0.5, 0.6) is 5.75 Å². The highest BCUT2D eigenvalue weighted by Crippen LogP contribution is 2.38. The van der Waals surface area contributed by atoms with Gasteiger partial charge < -0.3 is 14.4 Å². The molecule has 35 heavy (non-hydrogen) atoms. The van der Waals surface area contributed by atoms with E-state index in [0.717, 1.165) is 22.5 Å². The van der Waals surface area contributed by atoms with Crippen LogP contribution in [0.1, 0.15) is 19.3 Å². The van der Waals surface area contributed by atoms with Crippen LogP contribution in [0.25, 0.3) is 0 Å². The molecule has 0 saturated carbocycles. The SMILES string of the molecule is O=C(C[C@]1(COc2ccc(Cl)cc2)CCCN(S(=O)(=O)c2c(F)cccc2F)C1)N1CCOCC1. The van der Waals surface area contributed by atoms with E-state index in [1.807, 2.05) is 0 Å². The van der Waals surface area contributed by atoms with Crippen molar-refractivity contribution >= 4 is 27.5 Å². The Kier molecular flexibility index (Phi) is 7.95. The van der Waals surface area contributed by atoms with Crippen LogP contribution in [0.4, 0.5) is 8.78 Å². The molecule has 2 aliphatic heterocycles. The molecular formula is C24H27ClF2N2O5S. The van der Waals surface area contributed by atoms with E-state index in [0.29, 0.717) is 49.9 Å². The molecule has 190 valence electrons. The van der Waals surface area contributed by atoms with E-state index >= 15 is 0 Å². The van der Waals surface area contributed by atoms with Crippen molar-refractivity contribution in [1.29, 1.82) is 0 Å². The Bertz CT molecular complexity index is 1140. The van der Waals surface area contributed by atoms with E-state index in [-0.39, 0.29) is 32.0 Å². The van der Waals surface area contributed by atoms with E-state index < -0.39 is 32.0 Å². The number of carbonyl (C=O) groups is 1. The predicted octanol–water partition coefficient (Wildman–Crippen LogP) is 3.72. The molecule has 0 unspecified atom stereocenters. The average molecular weight is 529 g/mol. The van der Waals surface area contributed by atoms with Crippen LogP contribution in [0.2, 0.25) is 5.02 Å². The fourth-order valence-electron chi connectivity index (χ4n) is 4.55. The minimum absolute atomic E-state index is 0.0341. The summed E-state index contributed by atoms with van der Waals surface area (Å²) in [6, 6.07) is 9.66. The van der Waals surface area contributed by atoms with Crippen LogP contribution in [-0.4, -0.2) is 69.5 Å². The summed E-state index contributed by atoms with van der Waals surface area (Å²) in [4.78, 5) is 13.9. The van der Waals surface area contributed by atoms with E-state index in [1.54, 1.807) is 29.2 Å². The molecular weight excluding hydrogens is 502 g/mol. The van der Waals surface area contributed by atoms with Gasteiger partial charge in [0, 0.05) is 43.0 Å². The van der Waals surface area contributed by atoms with Crippen molar-refractivity contribution in [3.8, 4) is 5.75 Å².